The first-order valence-corrected chi connectivity index (χ1v) is 11.0. The minimum atomic E-state index is -0.421. The van der Waals surface area contributed by atoms with E-state index in [4.69, 9.17) is 16.0 Å². The fourth-order valence-electron chi connectivity index (χ4n) is 3.47. The summed E-state index contributed by atoms with van der Waals surface area (Å²) in [6.45, 7) is 0.506. The number of hydrogen-bond donors (Lipinski definition) is 0. The normalized spacial score (nSPS) is 11.8. The van der Waals surface area contributed by atoms with Gasteiger partial charge in [0, 0.05) is 21.9 Å². The number of thiazole rings is 1. The molecule has 5 rings (SSSR count). The van der Waals surface area contributed by atoms with E-state index in [9.17, 15) is 10.1 Å². The van der Waals surface area contributed by atoms with Gasteiger partial charge in [-0.2, -0.15) is 0 Å². The summed E-state index contributed by atoms with van der Waals surface area (Å²) in [6, 6.07) is 23.8. The number of para-hydroxylation sites is 3. The van der Waals surface area contributed by atoms with E-state index < -0.39 is 4.92 Å². The number of aromatic nitrogens is 1. The van der Waals surface area contributed by atoms with Gasteiger partial charge in [0.1, 0.15) is 11.3 Å². The maximum absolute atomic E-state index is 11.5. The molecule has 0 saturated heterocycles. The second kappa shape index (κ2) is 8.45. The molecular weight excluding hydrogens is 446 g/mol. The maximum Gasteiger partial charge on any atom is 0.294 e. The largest absolute Gasteiger partial charge is 0.454 e. The monoisotopic (exact) mass is 461 g/mol. The molecule has 0 radical (unpaired) electrons. The molecule has 0 unspecified atom stereocenters. The zero-order chi connectivity index (χ0) is 22.1. The Hall–Kier alpha value is -3.68. The highest BCUT2D eigenvalue weighted by Gasteiger charge is 2.16. The van der Waals surface area contributed by atoms with Crippen LogP contribution in [-0.4, -0.2) is 9.49 Å². The Morgan fingerprint density at radius 1 is 1.03 bits per heavy atom. The van der Waals surface area contributed by atoms with E-state index in [0.717, 1.165) is 22.2 Å². The van der Waals surface area contributed by atoms with Crippen LogP contribution in [0.3, 0.4) is 0 Å². The van der Waals surface area contributed by atoms with Crippen molar-refractivity contribution in [3.8, 4) is 11.5 Å². The minimum absolute atomic E-state index is 0.0377. The third-order valence-electron chi connectivity index (χ3n) is 5.02. The van der Waals surface area contributed by atoms with Crippen LogP contribution in [0.5, 0.6) is 0 Å². The fourth-order valence-corrected chi connectivity index (χ4v) is 4.49. The molecule has 8 heteroatoms. The lowest BCUT2D eigenvalue weighted by Crippen LogP contribution is -2.16. The average molecular weight is 462 g/mol. The van der Waals surface area contributed by atoms with Crippen molar-refractivity contribution >= 4 is 45.3 Å². The number of benzene rings is 3. The van der Waals surface area contributed by atoms with Crippen molar-refractivity contribution in [1.82, 2.24) is 4.57 Å². The van der Waals surface area contributed by atoms with Gasteiger partial charge in [0.2, 0.25) is 0 Å². The van der Waals surface area contributed by atoms with Gasteiger partial charge < -0.3 is 8.98 Å². The standard InChI is InChI=1S/C24H16ClN3O3S/c25-18-11-9-16(10-12-18)14-27-21(23-13-17-5-1-4-8-22(17)31-23)15-32-24(27)26-19-6-2-3-7-20(19)28(29)30/h1-13,15H,14H2. The number of nitro benzene ring substituents is 1. The number of furan rings is 1. The van der Waals surface area contributed by atoms with Crippen molar-refractivity contribution in [2.75, 3.05) is 0 Å². The third-order valence-corrected chi connectivity index (χ3v) is 6.14. The topological polar surface area (TPSA) is 73.6 Å². The van der Waals surface area contributed by atoms with Crippen LogP contribution >= 0.6 is 22.9 Å². The first-order chi connectivity index (χ1) is 15.6. The molecule has 0 amide bonds. The molecule has 32 heavy (non-hydrogen) atoms. The SMILES string of the molecule is O=[N+]([O-])c1ccccc1N=c1scc(-c2cc3ccccc3o2)n1Cc1ccc(Cl)cc1. The summed E-state index contributed by atoms with van der Waals surface area (Å²) in [5.41, 5.74) is 2.93. The molecule has 6 nitrogen and oxygen atoms in total. The molecular formula is C24H16ClN3O3S. The minimum Gasteiger partial charge on any atom is -0.454 e. The Labute approximate surface area is 191 Å². The molecule has 2 aromatic heterocycles. The highest BCUT2D eigenvalue weighted by molar-refractivity contribution is 7.07. The zero-order valence-corrected chi connectivity index (χ0v) is 18.2. The molecule has 0 bridgehead atoms. The molecule has 0 saturated carbocycles. The summed E-state index contributed by atoms with van der Waals surface area (Å²) in [5, 5.41) is 15.1. The van der Waals surface area contributed by atoms with Gasteiger partial charge in [0.15, 0.2) is 10.6 Å². The molecule has 5 aromatic rings. The highest BCUT2D eigenvalue weighted by Crippen LogP contribution is 2.30. The van der Waals surface area contributed by atoms with E-state index in [1.807, 2.05) is 64.5 Å². The lowest BCUT2D eigenvalue weighted by atomic mass is 10.2. The molecule has 0 spiro atoms. The Morgan fingerprint density at radius 3 is 2.56 bits per heavy atom. The zero-order valence-electron chi connectivity index (χ0n) is 16.6. The molecule has 0 N–H and O–H groups in total. The predicted molar refractivity (Wildman–Crippen MR) is 126 cm³/mol. The Kier molecular flexibility index (Phi) is 5.34. The lowest BCUT2D eigenvalue weighted by Gasteiger charge is -2.08. The summed E-state index contributed by atoms with van der Waals surface area (Å²) in [5.74, 6) is 0.709. The summed E-state index contributed by atoms with van der Waals surface area (Å²) in [6.07, 6.45) is 0. The van der Waals surface area contributed by atoms with E-state index >= 15 is 0 Å². The first kappa shape index (κ1) is 20.2. The van der Waals surface area contributed by atoms with Gasteiger partial charge >= 0.3 is 0 Å². The molecule has 158 valence electrons. The van der Waals surface area contributed by atoms with Gasteiger partial charge in [-0.15, -0.1) is 11.3 Å². The van der Waals surface area contributed by atoms with Crippen LogP contribution in [0.4, 0.5) is 11.4 Å². The molecule has 2 heterocycles. The van der Waals surface area contributed by atoms with Gasteiger partial charge in [-0.1, -0.05) is 54.1 Å². The summed E-state index contributed by atoms with van der Waals surface area (Å²) in [7, 11) is 0. The van der Waals surface area contributed by atoms with E-state index in [1.54, 1.807) is 18.2 Å². The van der Waals surface area contributed by atoms with Crippen LogP contribution in [0.2, 0.25) is 5.02 Å². The van der Waals surface area contributed by atoms with Gasteiger partial charge in [-0.25, -0.2) is 4.99 Å². The second-order valence-corrected chi connectivity index (χ2v) is 8.40. The average Bonchev–Trinajstić information content (AvgIpc) is 3.39. The molecule has 0 aliphatic rings. The van der Waals surface area contributed by atoms with Crippen LogP contribution in [0.15, 0.2) is 93.7 Å². The van der Waals surface area contributed by atoms with Gasteiger partial charge in [0.25, 0.3) is 5.69 Å². The van der Waals surface area contributed by atoms with Crippen molar-refractivity contribution in [2.24, 2.45) is 4.99 Å². The Bertz CT molecular complexity index is 1470. The van der Waals surface area contributed by atoms with Crippen LogP contribution in [-0.2, 0) is 6.54 Å². The molecule has 0 atom stereocenters. The Balaban J connectivity index is 1.69. The van der Waals surface area contributed by atoms with Crippen molar-refractivity contribution in [2.45, 2.75) is 6.54 Å². The summed E-state index contributed by atoms with van der Waals surface area (Å²) < 4.78 is 8.09. The van der Waals surface area contributed by atoms with E-state index in [-0.39, 0.29) is 5.69 Å². The van der Waals surface area contributed by atoms with Crippen LogP contribution in [0.25, 0.3) is 22.4 Å². The smallest absolute Gasteiger partial charge is 0.294 e. The highest BCUT2D eigenvalue weighted by atomic mass is 35.5. The van der Waals surface area contributed by atoms with Crippen LogP contribution < -0.4 is 4.80 Å². The van der Waals surface area contributed by atoms with Crippen molar-refractivity contribution in [1.29, 1.82) is 0 Å². The third kappa shape index (κ3) is 3.95. The number of fused-ring (bicyclic) bond motifs is 1. The lowest BCUT2D eigenvalue weighted by molar-refractivity contribution is -0.384. The fraction of sp³-hybridized carbons (Fsp3) is 0.0417. The maximum atomic E-state index is 11.5. The number of rotatable bonds is 5. The first-order valence-electron chi connectivity index (χ1n) is 9.78. The van der Waals surface area contributed by atoms with Gasteiger partial charge in [-0.05, 0) is 35.9 Å². The van der Waals surface area contributed by atoms with Crippen molar-refractivity contribution in [3.05, 3.63) is 110 Å². The van der Waals surface area contributed by atoms with E-state index in [0.29, 0.717) is 27.8 Å². The van der Waals surface area contributed by atoms with Gasteiger partial charge in [0.05, 0.1) is 17.2 Å². The van der Waals surface area contributed by atoms with Gasteiger partial charge in [-0.3, -0.25) is 10.1 Å². The van der Waals surface area contributed by atoms with E-state index in [1.165, 1.54) is 17.4 Å². The summed E-state index contributed by atoms with van der Waals surface area (Å²) in [4.78, 5) is 16.3. The quantitative estimate of drug-likeness (QED) is 0.213. The number of hydrogen-bond acceptors (Lipinski definition) is 5. The molecule has 0 aliphatic carbocycles. The Morgan fingerprint density at radius 2 is 1.78 bits per heavy atom. The molecule has 3 aromatic carbocycles. The molecule has 0 aliphatic heterocycles. The number of halogens is 1. The van der Waals surface area contributed by atoms with Crippen LogP contribution in [0, 0.1) is 10.1 Å². The predicted octanol–water partition coefficient (Wildman–Crippen LogP) is 6.81. The van der Waals surface area contributed by atoms with Crippen molar-refractivity contribution in [3.63, 3.8) is 0 Å². The van der Waals surface area contributed by atoms with E-state index in [2.05, 4.69) is 4.99 Å². The van der Waals surface area contributed by atoms with Crippen LogP contribution in [0.1, 0.15) is 5.56 Å². The summed E-state index contributed by atoms with van der Waals surface area (Å²) >= 11 is 7.46. The molecule has 0 fully saturated rings. The number of nitro groups is 1. The number of nitrogens with zero attached hydrogens (tertiary/aromatic N) is 3. The van der Waals surface area contributed by atoms with Crippen molar-refractivity contribution < 1.29 is 9.34 Å². The second-order valence-electron chi connectivity index (χ2n) is 7.12.